The number of fused-ring (bicyclic) bond motifs is 1. The number of halogens is 1. The molecule has 1 aromatic heterocycles. The molecule has 0 spiro atoms. The van der Waals surface area contributed by atoms with Gasteiger partial charge < -0.3 is 14.6 Å². The summed E-state index contributed by atoms with van der Waals surface area (Å²) in [5.74, 6) is 0.677. The third-order valence-electron chi connectivity index (χ3n) is 2.87. The summed E-state index contributed by atoms with van der Waals surface area (Å²) in [5.41, 5.74) is 1.68. The maximum atomic E-state index is 13.2. The Morgan fingerprint density at radius 2 is 2.28 bits per heavy atom. The van der Waals surface area contributed by atoms with Crippen LogP contribution in [-0.4, -0.2) is 29.8 Å². The van der Waals surface area contributed by atoms with Gasteiger partial charge in [-0.25, -0.2) is 9.37 Å². The van der Waals surface area contributed by atoms with Crippen LogP contribution in [0.5, 0.6) is 0 Å². The molecule has 0 aliphatic carbocycles. The fraction of sp³-hybridized carbons (Fsp3) is 0.462. The molecule has 1 aromatic carbocycles. The second-order valence-corrected chi connectivity index (χ2v) is 4.07. The van der Waals surface area contributed by atoms with Crippen LogP contribution in [0.3, 0.4) is 0 Å². The summed E-state index contributed by atoms with van der Waals surface area (Å²) in [6.45, 7) is 4.98. The summed E-state index contributed by atoms with van der Waals surface area (Å²) < 4.78 is 20.2. The first-order chi connectivity index (χ1) is 8.76. The van der Waals surface area contributed by atoms with E-state index >= 15 is 0 Å². The molecule has 0 aliphatic heterocycles. The number of aryl methyl sites for hydroxylation is 1. The molecule has 0 amide bonds. The van der Waals surface area contributed by atoms with Gasteiger partial charge in [0, 0.05) is 26.3 Å². The van der Waals surface area contributed by atoms with E-state index in [4.69, 9.17) is 4.74 Å². The van der Waals surface area contributed by atoms with Crippen molar-refractivity contribution in [3.05, 3.63) is 29.8 Å². The quantitative estimate of drug-likeness (QED) is 0.797. The van der Waals surface area contributed by atoms with E-state index in [0.717, 1.165) is 24.4 Å². The molecule has 0 saturated carbocycles. The monoisotopic (exact) mass is 251 g/mol. The zero-order valence-corrected chi connectivity index (χ0v) is 10.7. The molecule has 0 atom stereocenters. The minimum absolute atomic E-state index is 0.248. The highest BCUT2D eigenvalue weighted by atomic mass is 19.1. The van der Waals surface area contributed by atoms with Crippen molar-refractivity contribution in [3.8, 4) is 0 Å². The van der Waals surface area contributed by atoms with E-state index in [9.17, 15) is 4.39 Å². The molecule has 0 fully saturated rings. The molecule has 0 bridgehead atoms. The average molecular weight is 251 g/mol. The van der Waals surface area contributed by atoms with Crippen LogP contribution in [0.15, 0.2) is 18.2 Å². The Labute approximate surface area is 106 Å². The predicted molar refractivity (Wildman–Crippen MR) is 68.9 cm³/mol. The highest BCUT2D eigenvalue weighted by molar-refractivity contribution is 5.76. The molecule has 1 N–H and O–H groups in total. The second kappa shape index (κ2) is 5.93. The van der Waals surface area contributed by atoms with Gasteiger partial charge in [-0.2, -0.15) is 0 Å². The average Bonchev–Trinajstić information content (AvgIpc) is 2.71. The normalized spacial score (nSPS) is 11.3. The van der Waals surface area contributed by atoms with Crippen molar-refractivity contribution in [2.75, 3.05) is 20.3 Å². The van der Waals surface area contributed by atoms with Crippen molar-refractivity contribution in [1.29, 1.82) is 0 Å². The molecular weight excluding hydrogens is 233 g/mol. The number of benzene rings is 1. The summed E-state index contributed by atoms with van der Waals surface area (Å²) in [5, 5.41) is 3.25. The number of hydrogen-bond donors (Lipinski definition) is 1. The summed E-state index contributed by atoms with van der Waals surface area (Å²) in [6.07, 6.45) is 0. The number of ether oxygens (including phenoxy) is 1. The highest BCUT2D eigenvalue weighted by Crippen LogP contribution is 2.17. The van der Waals surface area contributed by atoms with Crippen LogP contribution >= 0.6 is 0 Å². The zero-order chi connectivity index (χ0) is 13.0. The lowest BCUT2D eigenvalue weighted by Gasteiger charge is -2.07. The smallest absolute Gasteiger partial charge is 0.125 e. The minimum Gasteiger partial charge on any atom is -0.383 e. The van der Waals surface area contributed by atoms with Crippen LogP contribution in [0.1, 0.15) is 12.7 Å². The Balaban J connectivity index is 2.21. The fourth-order valence-electron chi connectivity index (χ4n) is 2.02. The number of rotatable bonds is 6. The highest BCUT2D eigenvalue weighted by Gasteiger charge is 2.09. The van der Waals surface area contributed by atoms with Gasteiger partial charge in [-0.3, -0.25) is 0 Å². The SMILES string of the molecule is CCn1c(CNCCOC)nc2cc(F)ccc21. The first-order valence-electron chi connectivity index (χ1n) is 6.10. The van der Waals surface area contributed by atoms with Gasteiger partial charge in [0.25, 0.3) is 0 Å². The molecule has 18 heavy (non-hydrogen) atoms. The van der Waals surface area contributed by atoms with Crippen LogP contribution < -0.4 is 5.32 Å². The molecule has 0 radical (unpaired) electrons. The van der Waals surface area contributed by atoms with E-state index in [1.165, 1.54) is 12.1 Å². The predicted octanol–water partition coefficient (Wildman–Crippen LogP) is 1.93. The van der Waals surface area contributed by atoms with Crippen LogP contribution in [0.4, 0.5) is 4.39 Å². The topological polar surface area (TPSA) is 39.1 Å². The molecule has 0 unspecified atom stereocenters. The van der Waals surface area contributed by atoms with E-state index in [0.29, 0.717) is 18.7 Å². The number of methoxy groups -OCH3 is 1. The number of nitrogens with zero attached hydrogens (tertiary/aromatic N) is 2. The summed E-state index contributed by atoms with van der Waals surface area (Å²) in [6, 6.07) is 4.72. The second-order valence-electron chi connectivity index (χ2n) is 4.07. The largest absolute Gasteiger partial charge is 0.383 e. The van der Waals surface area contributed by atoms with Gasteiger partial charge in [0.1, 0.15) is 11.6 Å². The zero-order valence-electron chi connectivity index (χ0n) is 10.7. The molecule has 4 nitrogen and oxygen atoms in total. The molecule has 0 saturated heterocycles. The van der Waals surface area contributed by atoms with Gasteiger partial charge in [-0.1, -0.05) is 0 Å². The standard InChI is InChI=1S/C13H18FN3O/c1-3-17-12-5-4-10(14)8-11(12)16-13(17)9-15-6-7-18-2/h4-5,8,15H,3,6-7,9H2,1-2H3. The van der Waals surface area contributed by atoms with Crippen molar-refractivity contribution in [2.24, 2.45) is 0 Å². The Bertz CT molecular complexity index is 524. The van der Waals surface area contributed by atoms with E-state index in [1.54, 1.807) is 13.2 Å². The number of hydrogen-bond acceptors (Lipinski definition) is 3. The molecule has 5 heteroatoms. The van der Waals surface area contributed by atoms with E-state index in [2.05, 4.69) is 21.8 Å². The number of nitrogens with one attached hydrogen (secondary N) is 1. The van der Waals surface area contributed by atoms with Crippen LogP contribution in [0.25, 0.3) is 11.0 Å². The number of aromatic nitrogens is 2. The van der Waals surface area contributed by atoms with E-state index < -0.39 is 0 Å². The van der Waals surface area contributed by atoms with Crippen molar-refractivity contribution >= 4 is 11.0 Å². The van der Waals surface area contributed by atoms with Gasteiger partial charge in [-0.15, -0.1) is 0 Å². The van der Waals surface area contributed by atoms with Gasteiger partial charge in [0.2, 0.25) is 0 Å². The Hall–Kier alpha value is -1.46. The van der Waals surface area contributed by atoms with Gasteiger partial charge >= 0.3 is 0 Å². The molecule has 1 heterocycles. The van der Waals surface area contributed by atoms with Crippen molar-refractivity contribution in [2.45, 2.75) is 20.0 Å². The third-order valence-corrected chi connectivity index (χ3v) is 2.87. The maximum absolute atomic E-state index is 13.2. The Kier molecular flexibility index (Phi) is 4.28. The molecule has 0 aliphatic rings. The van der Waals surface area contributed by atoms with Gasteiger partial charge in [0.05, 0.1) is 24.2 Å². The third kappa shape index (κ3) is 2.68. The molecular formula is C13H18FN3O. The molecule has 98 valence electrons. The van der Waals surface area contributed by atoms with E-state index in [1.807, 2.05) is 0 Å². The first-order valence-corrected chi connectivity index (χ1v) is 6.10. The van der Waals surface area contributed by atoms with Crippen molar-refractivity contribution < 1.29 is 9.13 Å². The Morgan fingerprint density at radius 1 is 1.44 bits per heavy atom. The lowest BCUT2D eigenvalue weighted by atomic mass is 10.3. The summed E-state index contributed by atoms with van der Waals surface area (Å²) >= 11 is 0. The van der Waals surface area contributed by atoms with Gasteiger partial charge in [-0.05, 0) is 19.1 Å². The van der Waals surface area contributed by atoms with Crippen molar-refractivity contribution in [1.82, 2.24) is 14.9 Å². The minimum atomic E-state index is -0.248. The van der Waals surface area contributed by atoms with Crippen molar-refractivity contribution in [3.63, 3.8) is 0 Å². The molecule has 2 rings (SSSR count). The fourth-order valence-corrected chi connectivity index (χ4v) is 2.02. The van der Waals surface area contributed by atoms with Gasteiger partial charge in [0.15, 0.2) is 0 Å². The lowest BCUT2D eigenvalue weighted by Crippen LogP contribution is -2.21. The lowest BCUT2D eigenvalue weighted by molar-refractivity contribution is 0.199. The van der Waals surface area contributed by atoms with Crippen LogP contribution in [-0.2, 0) is 17.8 Å². The van der Waals surface area contributed by atoms with E-state index in [-0.39, 0.29) is 5.82 Å². The Morgan fingerprint density at radius 3 is 3.00 bits per heavy atom. The first kappa shape index (κ1) is 13.0. The van der Waals surface area contributed by atoms with Crippen LogP contribution in [0, 0.1) is 5.82 Å². The maximum Gasteiger partial charge on any atom is 0.125 e. The summed E-state index contributed by atoms with van der Waals surface area (Å²) in [7, 11) is 1.67. The number of imidazole rings is 1. The van der Waals surface area contributed by atoms with Crippen LogP contribution in [0.2, 0.25) is 0 Å². The summed E-state index contributed by atoms with van der Waals surface area (Å²) in [4.78, 5) is 4.46. The molecule has 2 aromatic rings.